The van der Waals surface area contributed by atoms with Gasteiger partial charge in [0.2, 0.25) is 6.41 Å². The maximum absolute atomic E-state index is 16.4. The predicted molar refractivity (Wildman–Crippen MR) is 160 cm³/mol. The first kappa shape index (κ1) is 27.8. The van der Waals surface area contributed by atoms with Crippen LogP contribution in [-0.2, 0) is 11.2 Å². The fraction of sp³-hybridized carbons (Fsp3) is 0.344. The van der Waals surface area contributed by atoms with Crippen LogP contribution in [0.2, 0.25) is 0 Å². The summed E-state index contributed by atoms with van der Waals surface area (Å²) < 4.78 is 35.6. The molecule has 1 amide bonds. The molecule has 42 heavy (non-hydrogen) atoms. The minimum Gasteiger partial charge on any atom is -0.493 e. The van der Waals surface area contributed by atoms with E-state index in [-0.39, 0.29) is 5.82 Å². The number of benzene rings is 1. The van der Waals surface area contributed by atoms with Crippen molar-refractivity contribution in [1.82, 2.24) is 25.2 Å². The van der Waals surface area contributed by atoms with Crippen molar-refractivity contribution in [1.29, 1.82) is 0 Å². The zero-order chi connectivity index (χ0) is 29.4. The van der Waals surface area contributed by atoms with Crippen LogP contribution in [0.25, 0.3) is 27.6 Å². The second-order valence-corrected chi connectivity index (χ2v) is 10.8. The Morgan fingerprint density at radius 1 is 1.10 bits per heavy atom. The first-order valence-electron chi connectivity index (χ1n) is 14.3. The summed E-state index contributed by atoms with van der Waals surface area (Å²) in [7, 11) is 1.47. The van der Waals surface area contributed by atoms with E-state index < -0.39 is 11.9 Å². The highest BCUT2D eigenvalue weighted by Gasteiger charge is 2.32. The number of pyridine rings is 2. The van der Waals surface area contributed by atoms with Crippen molar-refractivity contribution >= 4 is 28.7 Å². The van der Waals surface area contributed by atoms with Gasteiger partial charge in [-0.05, 0) is 61.2 Å². The van der Waals surface area contributed by atoms with Crippen LogP contribution in [0.1, 0.15) is 41.9 Å². The fourth-order valence-corrected chi connectivity index (χ4v) is 6.11. The number of hydrogen-bond acceptors (Lipinski definition) is 6. The number of aryl methyl sites for hydroxylation is 2. The van der Waals surface area contributed by atoms with Gasteiger partial charge in [0, 0.05) is 66.3 Å². The van der Waals surface area contributed by atoms with Crippen LogP contribution < -0.4 is 15.0 Å². The lowest BCUT2D eigenvalue weighted by Crippen LogP contribution is -2.48. The van der Waals surface area contributed by atoms with Crippen molar-refractivity contribution in [2.75, 3.05) is 44.7 Å². The molecule has 3 aromatic heterocycles. The lowest BCUT2D eigenvalue weighted by molar-refractivity contribution is -0.120. The number of rotatable bonds is 7. The number of fused-ring (bicyclic) bond motifs is 1. The quantitative estimate of drug-likeness (QED) is 0.297. The molecular formula is C32H34F2N6O2. The molecule has 4 aromatic rings. The second kappa shape index (κ2) is 11.5. The van der Waals surface area contributed by atoms with Crippen molar-refractivity contribution in [2.45, 2.75) is 32.7 Å². The molecule has 1 saturated heterocycles. The molecule has 0 spiro atoms. The summed E-state index contributed by atoms with van der Waals surface area (Å²) in [5, 5.41) is 4.09. The Morgan fingerprint density at radius 3 is 2.69 bits per heavy atom. The van der Waals surface area contributed by atoms with E-state index in [4.69, 9.17) is 4.74 Å². The number of piperazine rings is 1. The monoisotopic (exact) mass is 572 g/mol. The SMILES string of the molecule is CCc1cc(C)ncc1-c1cc(C2=CCCNC2)c(F)c2[nH]c(C3CN(c4ncc(F)cc4OC)CCN3C=O)cc12. The van der Waals surface area contributed by atoms with Gasteiger partial charge in [-0.2, -0.15) is 0 Å². The van der Waals surface area contributed by atoms with Crippen LogP contribution in [0.5, 0.6) is 5.75 Å². The van der Waals surface area contributed by atoms with Gasteiger partial charge in [-0.1, -0.05) is 13.0 Å². The number of H-pyrrole nitrogens is 1. The van der Waals surface area contributed by atoms with E-state index in [1.54, 1.807) is 4.90 Å². The molecule has 0 bridgehead atoms. The van der Waals surface area contributed by atoms with Crippen molar-refractivity contribution in [3.05, 3.63) is 76.9 Å². The van der Waals surface area contributed by atoms with Crippen LogP contribution in [0.15, 0.2) is 42.7 Å². The zero-order valence-corrected chi connectivity index (χ0v) is 24.0. The van der Waals surface area contributed by atoms with E-state index in [0.717, 1.165) is 65.3 Å². The Hall–Kier alpha value is -4.31. The van der Waals surface area contributed by atoms with Gasteiger partial charge in [0.05, 0.1) is 24.9 Å². The van der Waals surface area contributed by atoms with Crippen molar-refractivity contribution in [3.8, 4) is 16.9 Å². The normalized spacial score (nSPS) is 17.5. The molecule has 218 valence electrons. The first-order chi connectivity index (χ1) is 20.4. The van der Waals surface area contributed by atoms with Gasteiger partial charge in [0.1, 0.15) is 5.82 Å². The summed E-state index contributed by atoms with van der Waals surface area (Å²) in [5.41, 5.74) is 6.49. The Balaban J connectivity index is 1.50. The third-order valence-corrected chi connectivity index (χ3v) is 8.28. The molecule has 1 unspecified atom stereocenters. The standard InChI is InChI=1S/C32H34F2N6O2/c1-4-20-10-19(2)36-16-26(20)24-12-23(21-6-5-7-35-14-21)30(34)31-25(24)13-27(38-31)28-17-39(8-9-40(28)18-41)32-29(42-3)11-22(33)15-37-32/h6,10-13,15-16,18,28,35,38H,4-5,7-9,14,17H2,1-3H3. The summed E-state index contributed by atoms with van der Waals surface area (Å²) in [6.45, 7) is 6.79. The third-order valence-electron chi connectivity index (χ3n) is 8.28. The first-order valence-corrected chi connectivity index (χ1v) is 14.3. The number of carbonyl (C=O) groups is 1. The number of aromatic nitrogens is 3. The molecule has 0 saturated carbocycles. The lowest BCUT2D eigenvalue weighted by Gasteiger charge is -2.40. The summed E-state index contributed by atoms with van der Waals surface area (Å²) in [5.74, 6) is -0.000268. The van der Waals surface area contributed by atoms with Gasteiger partial charge in [-0.25, -0.2) is 13.8 Å². The second-order valence-electron chi connectivity index (χ2n) is 10.8. The summed E-state index contributed by atoms with van der Waals surface area (Å²) in [4.78, 5) is 28.1. The number of amides is 1. The molecule has 2 aliphatic rings. The van der Waals surface area contributed by atoms with Gasteiger partial charge < -0.3 is 24.8 Å². The topological polar surface area (TPSA) is 86.4 Å². The van der Waals surface area contributed by atoms with Gasteiger partial charge >= 0.3 is 0 Å². The molecule has 2 aliphatic heterocycles. The minimum absolute atomic E-state index is 0.316. The molecule has 1 fully saturated rings. The van der Waals surface area contributed by atoms with E-state index in [1.807, 2.05) is 30.2 Å². The molecule has 6 rings (SSSR count). The summed E-state index contributed by atoms with van der Waals surface area (Å²) in [6, 6.07) is 6.84. The van der Waals surface area contributed by atoms with Crippen LogP contribution in [0.3, 0.4) is 0 Å². The van der Waals surface area contributed by atoms with E-state index in [9.17, 15) is 9.18 Å². The molecule has 1 atom stereocenters. The number of aromatic amines is 1. The fourth-order valence-electron chi connectivity index (χ4n) is 6.11. The molecule has 2 N–H and O–H groups in total. The number of carbonyl (C=O) groups excluding carboxylic acids is 1. The Morgan fingerprint density at radius 2 is 1.95 bits per heavy atom. The van der Waals surface area contributed by atoms with Gasteiger partial charge in [-0.3, -0.25) is 9.78 Å². The average Bonchev–Trinajstić information content (AvgIpc) is 3.47. The molecule has 10 heteroatoms. The number of halogens is 2. The van der Waals surface area contributed by atoms with Crippen LogP contribution in [0.4, 0.5) is 14.6 Å². The van der Waals surface area contributed by atoms with Crippen LogP contribution >= 0.6 is 0 Å². The van der Waals surface area contributed by atoms with E-state index in [0.29, 0.717) is 54.5 Å². The molecule has 0 aliphatic carbocycles. The van der Waals surface area contributed by atoms with E-state index in [1.165, 1.54) is 13.2 Å². The maximum atomic E-state index is 16.4. The number of hydrogen-bond donors (Lipinski definition) is 2. The summed E-state index contributed by atoms with van der Waals surface area (Å²) >= 11 is 0. The van der Waals surface area contributed by atoms with Gasteiger partial charge in [0.25, 0.3) is 0 Å². The Kier molecular flexibility index (Phi) is 7.64. The van der Waals surface area contributed by atoms with Gasteiger partial charge in [-0.15, -0.1) is 0 Å². The highest BCUT2D eigenvalue weighted by molar-refractivity contribution is 5.99. The third kappa shape index (κ3) is 5.00. The summed E-state index contributed by atoms with van der Waals surface area (Å²) in [6.07, 6.45) is 7.58. The molecule has 0 radical (unpaired) electrons. The van der Waals surface area contributed by atoms with E-state index in [2.05, 4.69) is 39.3 Å². The van der Waals surface area contributed by atoms with Gasteiger partial charge in [0.15, 0.2) is 17.4 Å². The van der Waals surface area contributed by atoms with Crippen molar-refractivity contribution in [2.24, 2.45) is 0 Å². The Labute approximate surface area is 243 Å². The molecule has 1 aromatic carbocycles. The number of anilines is 1. The lowest BCUT2D eigenvalue weighted by atomic mass is 9.91. The highest BCUT2D eigenvalue weighted by Crippen LogP contribution is 2.40. The molecular weight excluding hydrogens is 538 g/mol. The maximum Gasteiger partial charge on any atom is 0.210 e. The van der Waals surface area contributed by atoms with Crippen LogP contribution in [0, 0.1) is 18.6 Å². The smallest absolute Gasteiger partial charge is 0.210 e. The number of methoxy groups -OCH3 is 1. The predicted octanol–water partition coefficient (Wildman–Crippen LogP) is 5.18. The largest absolute Gasteiger partial charge is 0.493 e. The minimum atomic E-state index is -0.492. The number of nitrogens with zero attached hydrogens (tertiary/aromatic N) is 4. The molecule has 5 heterocycles. The highest BCUT2D eigenvalue weighted by atomic mass is 19.1. The number of ether oxygens (including phenoxy) is 1. The Bertz CT molecular complexity index is 1680. The number of nitrogens with one attached hydrogen (secondary N) is 2. The van der Waals surface area contributed by atoms with Crippen molar-refractivity contribution in [3.63, 3.8) is 0 Å². The average molecular weight is 573 g/mol. The molecule has 8 nitrogen and oxygen atoms in total. The van der Waals surface area contributed by atoms with Crippen molar-refractivity contribution < 1.29 is 18.3 Å². The van der Waals surface area contributed by atoms with E-state index >= 15 is 4.39 Å². The zero-order valence-electron chi connectivity index (χ0n) is 24.0. The van der Waals surface area contributed by atoms with Crippen LogP contribution in [-0.4, -0.2) is 66.1 Å².